The highest BCUT2D eigenvalue weighted by Crippen LogP contribution is 2.31. The van der Waals surface area contributed by atoms with Crippen molar-refractivity contribution < 1.29 is 19.4 Å². The second kappa shape index (κ2) is 6.32. The van der Waals surface area contributed by atoms with E-state index in [1.807, 2.05) is 6.92 Å². The molecule has 0 aliphatic carbocycles. The number of rotatable bonds is 4. The Hall–Kier alpha value is -1.79. The first-order chi connectivity index (χ1) is 9.93. The number of amides is 1. The van der Waals surface area contributed by atoms with Crippen molar-refractivity contribution in [2.75, 3.05) is 19.0 Å². The summed E-state index contributed by atoms with van der Waals surface area (Å²) in [5.41, 5.74) is 0.289. The molecule has 0 aromatic heterocycles. The van der Waals surface area contributed by atoms with Gasteiger partial charge in [-0.2, -0.15) is 0 Å². The highest BCUT2D eigenvalue weighted by molar-refractivity contribution is 6.34. The van der Waals surface area contributed by atoms with Gasteiger partial charge in [-0.05, 0) is 24.9 Å². The van der Waals surface area contributed by atoms with Crippen molar-refractivity contribution in [1.82, 2.24) is 5.32 Å². The molecular formula is C14H17ClN2O4. The van der Waals surface area contributed by atoms with Crippen LogP contribution in [-0.2, 0) is 4.79 Å². The molecule has 3 N–H and O–H groups in total. The van der Waals surface area contributed by atoms with Crippen molar-refractivity contribution in [3.8, 4) is 5.75 Å². The van der Waals surface area contributed by atoms with E-state index in [2.05, 4.69) is 10.6 Å². The first-order valence-electron chi connectivity index (χ1n) is 6.59. The molecule has 2 unspecified atom stereocenters. The van der Waals surface area contributed by atoms with Crippen molar-refractivity contribution in [3.05, 3.63) is 22.7 Å². The first-order valence-corrected chi connectivity index (χ1v) is 6.97. The Morgan fingerprint density at radius 3 is 2.71 bits per heavy atom. The molecule has 7 heteroatoms. The second-order valence-electron chi connectivity index (χ2n) is 5.02. The van der Waals surface area contributed by atoms with Crippen LogP contribution in [0.25, 0.3) is 0 Å². The van der Waals surface area contributed by atoms with Crippen molar-refractivity contribution in [3.63, 3.8) is 0 Å². The van der Waals surface area contributed by atoms with Crippen molar-refractivity contribution in [2.45, 2.75) is 19.4 Å². The molecule has 0 radical (unpaired) electrons. The third-order valence-corrected chi connectivity index (χ3v) is 3.91. The number of carboxylic acid groups (broad SMARTS) is 1. The van der Waals surface area contributed by atoms with Gasteiger partial charge >= 0.3 is 5.97 Å². The Kier molecular flexibility index (Phi) is 4.69. The summed E-state index contributed by atoms with van der Waals surface area (Å²) in [6.45, 7) is 2.80. The van der Waals surface area contributed by atoms with Crippen LogP contribution in [0.2, 0.25) is 5.02 Å². The van der Waals surface area contributed by atoms with Crippen LogP contribution in [0.5, 0.6) is 5.75 Å². The Morgan fingerprint density at radius 1 is 1.48 bits per heavy atom. The van der Waals surface area contributed by atoms with Gasteiger partial charge in [-0.25, -0.2) is 4.79 Å². The number of anilines is 1. The summed E-state index contributed by atoms with van der Waals surface area (Å²) in [5, 5.41) is 15.1. The average molecular weight is 313 g/mol. The number of hydrogen-bond donors (Lipinski definition) is 3. The van der Waals surface area contributed by atoms with Gasteiger partial charge in [-0.15, -0.1) is 0 Å². The van der Waals surface area contributed by atoms with Crippen LogP contribution in [0.3, 0.4) is 0 Å². The molecule has 2 rings (SSSR count). The quantitative estimate of drug-likeness (QED) is 0.791. The lowest BCUT2D eigenvalue weighted by Gasteiger charge is -2.17. The highest BCUT2D eigenvalue weighted by Gasteiger charge is 2.29. The third kappa shape index (κ3) is 3.28. The van der Waals surface area contributed by atoms with Gasteiger partial charge in [0.2, 0.25) is 5.91 Å². The molecule has 1 aliphatic heterocycles. The molecule has 1 saturated heterocycles. The van der Waals surface area contributed by atoms with Crippen LogP contribution < -0.4 is 15.4 Å². The third-order valence-electron chi connectivity index (χ3n) is 3.59. The van der Waals surface area contributed by atoms with Crippen LogP contribution in [0, 0.1) is 5.92 Å². The van der Waals surface area contributed by atoms with Gasteiger partial charge in [0.1, 0.15) is 11.3 Å². The number of carbonyl (C=O) groups is 2. The smallest absolute Gasteiger partial charge is 0.339 e. The number of carboxylic acids is 1. The van der Waals surface area contributed by atoms with E-state index >= 15 is 0 Å². The maximum absolute atomic E-state index is 12.2. The molecule has 114 valence electrons. The Bertz CT molecular complexity index is 576. The van der Waals surface area contributed by atoms with Gasteiger partial charge in [0.25, 0.3) is 0 Å². The fraction of sp³-hybridized carbons (Fsp3) is 0.429. The highest BCUT2D eigenvalue weighted by atomic mass is 35.5. The summed E-state index contributed by atoms with van der Waals surface area (Å²) in [5.74, 6) is -0.941. The maximum Gasteiger partial charge on any atom is 0.339 e. The van der Waals surface area contributed by atoms with Crippen molar-refractivity contribution in [1.29, 1.82) is 0 Å². The monoisotopic (exact) mass is 312 g/mol. The Morgan fingerprint density at radius 2 is 2.19 bits per heavy atom. The van der Waals surface area contributed by atoms with Crippen LogP contribution in [0.15, 0.2) is 12.1 Å². The number of aromatic carboxylic acids is 1. The molecule has 21 heavy (non-hydrogen) atoms. The molecule has 1 aromatic rings. The molecule has 0 bridgehead atoms. The van der Waals surface area contributed by atoms with E-state index in [1.165, 1.54) is 19.2 Å². The molecule has 1 aliphatic rings. The van der Waals surface area contributed by atoms with E-state index in [0.29, 0.717) is 5.69 Å². The topological polar surface area (TPSA) is 87.7 Å². The zero-order chi connectivity index (χ0) is 15.6. The molecule has 6 nitrogen and oxygen atoms in total. The summed E-state index contributed by atoms with van der Waals surface area (Å²) >= 11 is 6.04. The minimum absolute atomic E-state index is 0.0483. The zero-order valence-electron chi connectivity index (χ0n) is 11.8. The van der Waals surface area contributed by atoms with Crippen LogP contribution in [-0.4, -0.2) is 36.7 Å². The van der Waals surface area contributed by atoms with Gasteiger partial charge in [0.05, 0.1) is 23.9 Å². The fourth-order valence-electron chi connectivity index (χ4n) is 2.38. The lowest BCUT2D eigenvalue weighted by Crippen LogP contribution is -2.39. The standard InChI is InChI=1S/C14H17ClN2O4/c1-7-3-4-16-12(7)13(18)17-10-6-11(21-2)8(14(19)20)5-9(10)15/h5-7,12,16H,3-4H2,1-2H3,(H,17,18)(H,19,20). The van der Waals surface area contributed by atoms with E-state index in [-0.39, 0.29) is 34.2 Å². The SMILES string of the molecule is COc1cc(NC(=O)C2NCCC2C)c(Cl)cc1C(=O)O. The summed E-state index contributed by atoms with van der Waals surface area (Å²) in [6.07, 6.45) is 0.938. The minimum atomic E-state index is -1.14. The van der Waals surface area contributed by atoms with Gasteiger partial charge in [-0.3, -0.25) is 4.79 Å². The normalized spacial score (nSPS) is 21.1. The van der Waals surface area contributed by atoms with E-state index in [4.69, 9.17) is 21.4 Å². The predicted molar refractivity (Wildman–Crippen MR) is 79.2 cm³/mol. The second-order valence-corrected chi connectivity index (χ2v) is 5.43. The molecule has 1 heterocycles. The lowest BCUT2D eigenvalue weighted by atomic mass is 10.0. The summed E-state index contributed by atoms with van der Waals surface area (Å²) < 4.78 is 5.02. The lowest BCUT2D eigenvalue weighted by molar-refractivity contribution is -0.118. The summed E-state index contributed by atoms with van der Waals surface area (Å²) in [6, 6.07) is 2.42. The molecule has 2 atom stereocenters. The van der Waals surface area contributed by atoms with Crippen LogP contribution in [0.1, 0.15) is 23.7 Å². The summed E-state index contributed by atoms with van der Waals surface area (Å²) in [4.78, 5) is 23.3. The maximum atomic E-state index is 12.2. The number of benzene rings is 1. The van der Waals surface area contributed by atoms with Crippen LogP contribution in [0.4, 0.5) is 5.69 Å². The van der Waals surface area contributed by atoms with E-state index < -0.39 is 5.97 Å². The number of ether oxygens (including phenoxy) is 1. The molecule has 1 aromatic carbocycles. The van der Waals surface area contributed by atoms with Gasteiger partial charge in [-0.1, -0.05) is 18.5 Å². The Balaban J connectivity index is 2.24. The number of carbonyl (C=O) groups excluding carboxylic acids is 1. The summed E-state index contributed by atoms with van der Waals surface area (Å²) in [7, 11) is 1.36. The number of methoxy groups -OCH3 is 1. The molecule has 1 amide bonds. The Labute approximate surface area is 127 Å². The fourth-order valence-corrected chi connectivity index (χ4v) is 2.59. The van der Waals surface area contributed by atoms with Crippen molar-refractivity contribution >= 4 is 29.2 Å². The number of hydrogen-bond acceptors (Lipinski definition) is 4. The van der Waals surface area contributed by atoms with Crippen LogP contribution >= 0.6 is 11.6 Å². The molecule has 0 spiro atoms. The van der Waals surface area contributed by atoms with Crippen molar-refractivity contribution in [2.24, 2.45) is 5.92 Å². The molecular weight excluding hydrogens is 296 g/mol. The van der Waals surface area contributed by atoms with E-state index in [1.54, 1.807) is 0 Å². The molecule has 1 fully saturated rings. The molecule has 0 saturated carbocycles. The predicted octanol–water partition coefficient (Wildman–Crippen LogP) is 1.98. The van der Waals surface area contributed by atoms with Gasteiger partial charge in [0.15, 0.2) is 0 Å². The largest absolute Gasteiger partial charge is 0.496 e. The van der Waals surface area contributed by atoms with Gasteiger partial charge < -0.3 is 20.5 Å². The average Bonchev–Trinajstić information content (AvgIpc) is 2.86. The van der Waals surface area contributed by atoms with E-state index in [9.17, 15) is 9.59 Å². The minimum Gasteiger partial charge on any atom is -0.496 e. The van der Waals surface area contributed by atoms with E-state index in [0.717, 1.165) is 13.0 Å². The number of halogens is 1. The first kappa shape index (κ1) is 15.6. The zero-order valence-corrected chi connectivity index (χ0v) is 12.5. The van der Waals surface area contributed by atoms with Gasteiger partial charge in [0, 0.05) is 6.07 Å². The number of nitrogens with one attached hydrogen (secondary N) is 2.